The van der Waals surface area contributed by atoms with Gasteiger partial charge in [0, 0.05) is 13.0 Å². The van der Waals surface area contributed by atoms with Crippen molar-refractivity contribution in [3.05, 3.63) is 0 Å². The Hall–Kier alpha value is -1.06. The van der Waals surface area contributed by atoms with E-state index in [1.54, 1.807) is 0 Å². The molecule has 0 radical (unpaired) electrons. The first-order chi connectivity index (χ1) is 6.11. The number of hydrogen-bond donors (Lipinski definition) is 2. The highest BCUT2D eigenvalue weighted by Crippen LogP contribution is 2.24. The Labute approximate surface area is 77.3 Å². The number of carboxylic acids is 1. The monoisotopic (exact) mass is 185 g/mol. The van der Waals surface area contributed by atoms with Crippen LogP contribution in [0, 0.1) is 5.92 Å². The molecule has 0 bridgehead atoms. The van der Waals surface area contributed by atoms with Crippen LogP contribution in [0.25, 0.3) is 0 Å². The topological polar surface area (TPSA) is 66.4 Å². The van der Waals surface area contributed by atoms with Crippen LogP contribution in [0.2, 0.25) is 0 Å². The standard InChI is InChI=1S/C9H15NO3/c1-6(11)10-8-5-3-2-4-7(8)9(12)13/h7-8H,2-5H2,1H3,(H,10,11)(H,12,13)/t7-,8+/m0/s1. The van der Waals surface area contributed by atoms with Crippen LogP contribution >= 0.6 is 0 Å². The number of nitrogens with one attached hydrogen (secondary N) is 1. The summed E-state index contributed by atoms with van der Waals surface area (Å²) in [6.45, 7) is 1.42. The van der Waals surface area contributed by atoms with Gasteiger partial charge in [-0.25, -0.2) is 0 Å². The second-order valence-electron chi connectivity index (χ2n) is 3.54. The molecule has 2 N–H and O–H groups in total. The van der Waals surface area contributed by atoms with Crippen molar-refractivity contribution in [3.63, 3.8) is 0 Å². The van der Waals surface area contributed by atoms with E-state index in [-0.39, 0.29) is 11.9 Å². The Balaban J connectivity index is 2.56. The summed E-state index contributed by atoms with van der Waals surface area (Å²) < 4.78 is 0. The summed E-state index contributed by atoms with van der Waals surface area (Å²) in [5.41, 5.74) is 0. The highest BCUT2D eigenvalue weighted by molar-refractivity contribution is 5.76. The number of carbonyl (C=O) groups excluding carboxylic acids is 1. The van der Waals surface area contributed by atoms with Crippen LogP contribution in [0.5, 0.6) is 0 Å². The molecule has 1 rings (SSSR count). The molecule has 0 aliphatic heterocycles. The SMILES string of the molecule is CC(=O)N[C@@H]1CCCC[C@@H]1C(=O)O. The second kappa shape index (κ2) is 4.25. The van der Waals surface area contributed by atoms with Gasteiger partial charge in [0.2, 0.25) is 5.91 Å². The molecule has 0 spiro atoms. The number of carbonyl (C=O) groups is 2. The molecule has 0 heterocycles. The molecule has 1 saturated carbocycles. The third-order valence-corrected chi connectivity index (χ3v) is 2.47. The molecule has 1 amide bonds. The van der Waals surface area contributed by atoms with Crippen molar-refractivity contribution in [2.75, 3.05) is 0 Å². The van der Waals surface area contributed by atoms with E-state index >= 15 is 0 Å². The summed E-state index contributed by atoms with van der Waals surface area (Å²) in [7, 11) is 0. The van der Waals surface area contributed by atoms with Crippen molar-refractivity contribution in [2.24, 2.45) is 5.92 Å². The molecule has 0 aromatic carbocycles. The van der Waals surface area contributed by atoms with Crippen molar-refractivity contribution in [3.8, 4) is 0 Å². The van der Waals surface area contributed by atoms with Gasteiger partial charge in [0.15, 0.2) is 0 Å². The summed E-state index contributed by atoms with van der Waals surface area (Å²) in [5, 5.41) is 11.6. The lowest BCUT2D eigenvalue weighted by Crippen LogP contribution is -2.44. The molecule has 4 heteroatoms. The Morgan fingerprint density at radius 1 is 1.31 bits per heavy atom. The highest BCUT2D eigenvalue weighted by Gasteiger charge is 2.30. The van der Waals surface area contributed by atoms with Crippen molar-refractivity contribution in [1.82, 2.24) is 5.32 Å². The fourth-order valence-electron chi connectivity index (χ4n) is 1.86. The quantitative estimate of drug-likeness (QED) is 0.667. The first-order valence-electron chi connectivity index (χ1n) is 4.61. The zero-order chi connectivity index (χ0) is 9.84. The maximum atomic E-state index is 10.8. The molecule has 0 aromatic rings. The molecular formula is C9H15NO3. The summed E-state index contributed by atoms with van der Waals surface area (Å²) >= 11 is 0. The molecule has 4 nitrogen and oxygen atoms in total. The van der Waals surface area contributed by atoms with E-state index < -0.39 is 11.9 Å². The van der Waals surface area contributed by atoms with Gasteiger partial charge in [0.05, 0.1) is 5.92 Å². The van der Waals surface area contributed by atoms with Crippen molar-refractivity contribution in [2.45, 2.75) is 38.6 Å². The summed E-state index contributed by atoms with van der Waals surface area (Å²) in [6, 6.07) is -0.163. The fraction of sp³-hybridized carbons (Fsp3) is 0.778. The smallest absolute Gasteiger partial charge is 0.308 e. The maximum Gasteiger partial charge on any atom is 0.308 e. The fourth-order valence-corrected chi connectivity index (χ4v) is 1.86. The average Bonchev–Trinajstić information content (AvgIpc) is 2.03. The Morgan fingerprint density at radius 3 is 2.46 bits per heavy atom. The van der Waals surface area contributed by atoms with Gasteiger partial charge < -0.3 is 10.4 Å². The van der Waals surface area contributed by atoms with Crippen LogP contribution < -0.4 is 5.32 Å². The number of hydrogen-bond acceptors (Lipinski definition) is 2. The van der Waals surface area contributed by atoms with Gasteiger partial charge >= 0.3 is 5.97 Å². The van der Waals surface area contributed by atoms with Crippen LogP contribution in [0.1, 0.15) is 32.6 Å². The third kappa shape index (κ3) is 2.72. The predicted molar refractivity (Wildman–Crippen MR) is 47.2 cm³/mol. The molecule has 0 aromatic heterocycles. The van der Waals surface area contributed by atoms with Crippen LogP contribution in [-0.4, -0.2) is 23.0 Å². The van der Waals surface area contributed by atoms with Gasteiger partial charge in [-0.3, -0.25) is 9.59 Å². The molecule has 1 aliphatic carbocycles. The van der Waals surface area contributed by atoms with E-state index in [0.717, 1.165) is 19.3 Å². The minimum atomic E-state index is -0.793. The predicted octanol–water partition coefficient (Wildman–Crippen LogP) is 0.766. The molecule has 1 aliphatic rings. The Kier molecular flexibility index (Phi) is 3.28. The normalized spacial score (nSPS) is 28.1. The highest BCUT2D eigenvalue weighted by atomic mass is 16.4. The van der Waals surface area contributed by atoms with Crippen LogP contribution in [0.4, 0.5) is 0 Å². The van der Waals surface area contributed by atoms with Gasteiger partial charge in [-0.1, -0.05) is 12.8 Å². The molecule has 74 valence electrons. The largest absolute Gasteiger partial charge is 0.481 e. The number of carboxylic acid groups (broad SMARTS) is 1. The summed E-state index contributed by atoms with van der Waals surface area (Å²) in [6.07, 6.45) is 3.43. The molecule has 1 fully saturated rings. The van der Waals surface area contributed by atoms with Crippen molar-refractivity contribution < 1.29 is 14.7 Å². The summed E-state index contributed by atoms with van der Waals surface area (Å²) in [5.74, 6) is -1.32. The molecule has 0 saturated heterocycles. The van der Waals surface area contributed by atoms with E-state index in [2.05, 4.69) is 5.32 Å². The van der Waals surface area contributed by atoms with Crippen LogP contribution in [0.3, 0.4) is 0 Å². The van der Waals surface area contributed by atoms with Crippen molar-refractivity contribution in [1.29, 1.82) is 0 Å². The van der Waals surface area contributed by atoms with Crippen LogP contribution in [-0.2, 0) is 9.59 Å². The molecule has 0 unspecified atom stereocenters. The first-order valence-corrected chi connectivity index (χ1v) is 4.61. The van der Waals surface area contributed by atoms with Crippen molar-refractivity contribution >= 4 is 11.9 Å². The third-order valence-electron chi connectivity index (χ3n) is 2.47. The minimum absolute atomic E-state index is 0.141. The Morgan fingerprint density at radius 2 is 1.92 bits per heavy atom. The lowest BCUT2D eigenvalue weighted by Gasteiger charge is -2.28. The van der Waals surface area contributed by atoms with E-state index in [4.69, 9.17) is 5.11 Å². The van der Waals surface area contributed by atoms with E-state index in [0.29, 0.717) is 6.42 Å². The lowest BCUT2D eigenvalue weighted by atomic mass is 9.84. The first kappa shape index (κ1) is 10.0. The van der Waals surface area contributed by atoms with Gasteiger partial charge in [0.25, 0.3) is 0 Å². The second-order valence-corrected chi connectivity index (χ2v) is 3.54. The molecule has 13 heavy (non-hydrogen) atoms. The number of rotatable bonds is 2. The van der Waals surface area contributed by atoms with Gasteiger partial charge in [-0.15, -0.1) is 0 Å². The zero-order valence-electron chi connectivity index (χ0n) is 7.75. The van der Waals surface area contributed by atoms with Gasteiger partial charge in [-0.2, -0.15) is 0 Å². The molecular weight excluding hydrogens is 170 g/mol. The minimum Gasteiger partial charge on any atom is -0.481 e. The van der Waals surface area contributed by atoms with Gasteiger partial charge in [0.1, 0.15) is 0 Å². The average molecular weight is 185 g/mol. The van der Waals surface area contributed by atoms with E-state index in [9.17, 15) is 9.59 Å². The Bertz CT molecular complexity index is 215. The number of amides is 1. The maximum absolute atomic E-state index is 10.8. The lowest BCUT2D eigenvalue weighted by molar-refractivity contribution is -0.144. The van der Waals surface area contributed by atoms with Gasteiger partial charge in [-0.05, 0) is 12.8 Å². The summed E-state index contributed by atoms with van der Waals surface area (Å²) in [4.78, 5) is 21.6. The molecule has 2 atom stereocenters. The van der Waals surface area contributed by atoms with E-state index in [1.807, 2.05) is 0 Å². The zero-order valence-corrected chi connectivity index (χ0v) is 7.75. The van der Waals surface area contributed by atoms with E-state index in [1.165, 1.54) is 6.92 Å². The number of aliphatic carboxylic acids is 1. The van der Waals surface area contributed by atoms with Crippen LogP contribution in [0.15, 0.2) is 0 Å².